The fraction of sp³-hybridized carbons (Fsp3) is 0.400. The third kappa shape index (κ3) is 6.28. The number of aryl methyl sites for hydroxylation is 2. The molecule has 2 aliphatic rings. The highest BCUT2D eigenvalue weighted by Crippen LogP contribution is 2.40. The van der Waals surface area contributed by atoms with Gasteiger partial charge in [-0.25, -0.2) is 4.79 Å². The van der Waals surface area contributed by atoms with Crippen molar-refractivity contribution in [1.82, 2.24) is 14.8 Å². The summed E-state index contributed by atoms with van der Waals surface area (Å²) in [6, 6.07) is 14.0. The van der Waals surface area contributed by atoms with Gasteiger partial charge in [-0.15, -0.1) is 21.5 Å². The van der Waals surface area contributed by atoms with Crippen molar-refractivity contribution in [3.05, 3.63) is 86.8 Å². The average molecular weight is 642 g/mol. The van der Waals surface area contributed by atoms with Crippen LogP contribution in [0.5, 0.6) is 5.75 Å². The molecule has 46 heavy (non-hydrogen) atoms. The first-order valence-electron chi connectivity index (χ1n) is 15.4. The van der Waals surface area contributed by atoms with Crippen LogP contribution in [0.25, 0.3) is 5.00 Å². The molecule has 4 heterocycles. The van der Waals surface area contributed by atoms with E-state index >= 15 is 0 Å². The molecule has 240 valence electrons. The molecular weight excluding hydrogens is 602 g/mol. The van der Waals surface area contributed by atoms with E-state index in [0.717, 1.165) is 58.4 Å². The lowest BCUT2D eigenvalue weighted by molar-refractivity contribution is -0.157. The van der Waals surface area contributed by atoms with Gasteiger partial charge in [-0.2, -0.15) is 0 Å². The van der Waals surface area contributed by atoms with Gasteiger partial charge < -0.3 is 19.1 Å². The quantitative estimate of drug-likeness (QED) is 0.227. The Balaban J connectivity index is 1.26. The normalized spacial score (nSPS) is 15.7. The summed E-state index contributed by atoms with van der Waals surface area (Å²) in [6.07, 6.45) is 0.973. The van der Waals surface area contributed by atoms with Crippen LogP contribution in [0.15, 0.2) is 47.5 Å². The molecule has 0 saturated carbocycles. The van der Waals surface area contributed by atoms with Gasteiger partial charge in [-0.3, -0.25) is 14.4 Å². The Labute approximate surface area is 273 Å². The maximum Gasteiger partial charge on any atom is 0.344 e. The monoisotopic (exact) mass is 641 g/mol. The second-order valence-electron chi connectivity index (χ2n) is 12.7. The van der Waals surface area contributed by atoms with Crippen LogP contribution >= 0.6 is 11.3 Å². The first-order chi connectivity index (χ1) is 21.9. The number of carbonyl (C=O) groups excluding carboxylic acids is 2. The zero-order valence-corrected chi connectivity index (χ0v) is 28.2. The first kappa shape index (κ1) is 31.5. The molecule has 0 amide bonds. The van der Waals surface area contributed by atoms with Crippen LogP contribution in [-0.2, 0) is 32.0 Å². The van der Waals surface area contributed by atoms with Gasteiger partial charge in [0.2, 0.25) is 0 Å². The number of fused-ring (bicyclic) bond motifs is 4. The van der Waals surface area contributed by atoms with Gasteiger partial charge in [-0.05, 0) is 88.9 Å². The topological polar surface area (TPSA) is 108 Å². The number of aliphatic imine (C=N–C) groups is 1. The van der Waals surface area contributed by atoms with Gasteiger partial charge in [0.1, 0.15) is 28.2 Å². The van der Waals surface area contributed by atoms with E-state index in [-0.39, 0.29) is 19.0 Å². The molecule has 0 N–H and O–H groups in total. The predicted molar refractivity (Wildman–Crippen MR) is 177 cm³/mol. The molecule has 4 aromatic rings. The second kappa shape index (κ2) is 12.4. The number of carbonyl (C=O) groups is 2. The standard InChI is InChI=1S/C35H39N5O5S/c1-20-21(2)46-34-31(20)32(36-28(17-29(41)43-7)33-38-37-22(3)40(33)34)24-8-11-26(12-9-24)39-15-14-23-10-13-27(16-25(23)18-39)44-19-30(42)45-35(4,5)6/h8-13,16,28H,14-15,17-19H2,1-7H3/t28-/m0/s1. The Morgan fingerprint density at radius 2 is 1.76 bits per heavy atom. The van der Waals surface area contributed by atoms with Crippen LogP contribution < -0.4 is 9.64 Å². The molecule has 0 bridgehead atoms. The molecule has 1 atom stereocenters. The van der Waals surface area contributed by atoms with E-state index < -0.39 is 17.6 Å². The summed E-state index contributed by atoms with van der Waals surface area (Å²) in [6.45, 7) is 13.1. The Bertz CT molecular complexity index is 1830. The highest BCUT2D eigenvalue weighted by Gasteiger charge is 2.32. The number of ether oxygens (including phenoxy) is 3. The van der Waals surface area contributed by atoms with Crippen LogP contribution in [-0.4, -0.2) is 58.3 Å². The molecule has 6 rings (SSSR count). The van der Waals surface area contributed by atoms with Crippen molar-refractivity contribution < 1.29 is 23.8 Å². The van der Waals surface area contributed by atoms with Crippen molar-refractivity contribution in [3.8, 4) is 10.8 Å². The maximum atomic E-state index is 12.4. The number of rotatable bonds is 7. The summed E-state index contributed by atoms with van der Waals surface area (Å²) >= 11 is 1.69. The van der Waals surface area contributed by atoms with Crippen LogP contribution in [0, 0.1) is 20.8 Å². The third-order valence-corrected chi connectivity index (χ3v) is 9.49. The summed E-state index contributed by atoms with van der Waals surface area (Å²) in [5.41, 5.74) is 6.98. The van der Waals surface area contributed by atoms with Crippen molar-refractivity contribution in [2.24, 2.45) is 4.99 Å². The lowest BCUT2D eigenvalue weighted by atomic mass is 9.97. The first-order valence-corrected chi connectivity index (χ1v) is 16.2. The second-order valence-corrected chi connectivity index (χ2v) is 13.9. The number of nitrogens with zero attached hydrogens (tertiary/aromatic N) is 5. The van der Waals surface area contributed by atoms with Crippen LogP contribution in [0.2, 0.25) is 0 Å². The minimum atomic E-state index is -0.552. The fourth-order valence-corrected chi connectivity index (χ4v) is 7.17. The number of methoxy groups -OCH3 is 1. The Morgan fingerprint density at radius 3 is 2.48 bits per heavy atom. The Morgan fingerprint density at radius 1 is 1.00 bits per heavy atom. The number of hydrogen-bond donors (Lipinski definition) is 0. The summed E-state index contributed by atoms with van der Waals surface area (Å²) < 4.78 is 18.2. The molecule has 2 aliphatic heterocycles. The smallest absolute Gasteiger partial charge is 0.344 e. The van der Waals surface area contributed by atoms with Gasteiger partial charge in [0.05, 0.1) is 19.2 Å². The van der Waals surface area contributed by atoms with Crippen LogP contribution in [0.4, 0.5) is 5.69 Å². The van der Waals surface area contributed by atoms with Crippen molar-refractivity contribution in [1.29, 1.82) is 0 Å². The van der Waals surface area contributed by atoms with E-state index in [4.69, 9.17) is 19.2 Å². The predicted octanol–water partition coefficient (Wildman–Crippen LogP) is 5.99. The van der Waals surface area contributed by atoms with Crippen molar-refractivity contribution >= 4 is 34.7 Å². The molecule has 10 nitrogen and oxygen atoms in total. The van der Waals surface area contributed by atoms with Gasteiger partial charge in [0.15, 0.2) is 12.4 Å². The van der Waals surface area contributed by atoms with Crippen LogP contribution in [0.3, 0.4) is 0 Å². The highest BCUT2D eigenvalue weighted by atomic mass is 32.1. The van der Waals surface area contributed by atoms with Crippen molar-refractivity contribution in [3.63, 3.8) is 0 Å². The van der Waals surface area contributed by atoms with Gasteiger partial charge in [0, 0.05) is 34.8 Å². The highest BCUT2D eigenvalue weighted by molar-refractivity contribution is 7.15. The van der Waals surface area contributed by atoms with Gasteiger partial charge in [0.25, 0.3) is 0 Å². The SMILES string of the molecule is COC(=O)C[C@@H]1N=C(c2ccc(N3CCc4ccc(OCC(=O)OC(C)(C)C)cc4C3)cc2)c2c(sc(C)c2C)-n2c(C)nnc21. The lowest BCUT2D eigenvalue weighted by Crippen LogP contribution is -2.30. The van der Waals surface area contributed by atoms with E-state index in [1.54, 1.807) is 11.3 Å². The van der Waals surface area contributed by atoms with E-state index in [1.807, 2.05) is 44.4 Å². The summed E-state index contributed by atoms with van der Waals surface area (Å²) in [5.74, 6) is 1.30. The molecule has 0 fully saturated rings. The van der Waals surface area contributed by atoms with E-state index in [1.165, 1.54) is 23.1 Å². The minimum Gasteiger partial charge on any atom is -0.482 e. The van der Waals surface area contributed by atoms with Crippen LogP contribution in [0.1, 0.15) is 77.6 Å². The summed E-state index contributed by atoms with van der Waals surface area (Å²) in [7, 11) is 1.39. The molecule has 11 heteroatoms. The molecule has 0 unspecified atom stereocenters. The van der Waals surface area contributed by atoms with E-state index in [2.05, 4.69) is 59.3 Å². The molecule has 0 aliphatic carbocycles. The number of anilines is 1. The number of esters is 2. The Kier molecular flexibility index (Phi) is 8.45. The van der Waals surface area contributed by atoms with Crippen molar-refractivity contribution in [2.45, 2.75) is 72.6 Å². The number of hydrogen-bond acceptors (Lipinski definition) is 10. The molecule has 2 aromatic carbocycles. The molecule has 0 radical (unpaired) electrons. The average Bonchev–Trinajstić information content (AvgIpc) is 3.50. The Hall–Kier alpha value is -4.51. The maximum absolute atomic E-state index is 12.4. The fourth-order valence-electron chi connectivity index (χ4n) is 5.95. The lowest BCUT2D eigenvalue weighted by Gasteiger charge is -2.31. The van der Waals surface area contributed by atoms with E-state index in [9.17, 15) is 9.59 Å². The van der Waals surface area contributed by atoms with E-state index in [0.29, 0.717) is 11.6 Å². The number of aromatic nitrogens is 3. The number of benzene rings is 2. The third-order valence-electron chi connectivity index (χ3n) is 8.30. The zero-order chi connectivity index (χ0) is 32.7. The summed E-state index contributed by atoms with van der Waals surface area (Å²) in [4.78, 5) is 33.3. The van der Waals surface area contributed by atoms with Gasteiger partial charge in [-0.1, -0.05) is 18.2 Å². The largest absolute Gasteiger partial charge is 0.482 e. The molecule has 2 aromatic heterocycles. The zero-order valence-electron chi connectivity index (χ0n) is 27.3. The molecular formula is C35H39N5O5S. The van der Waals surface area contributed by atoms with Gasteiger partial charge >= 0.3 is 11.9 Å². The molecule has 0 spiro atoms. The summed E-state index contributed by atoms with van der Waals surface area (Å²) in [5, 5.41) is 9.80. The van der Waals surface area contributed by atoms with Crippen molar-refractivity contribution in [2.75, 3.05) is 25.2 Å². The molecule has 0 saturated heterocycles. The number of thiophene rings is 1. The minimum absolute atomic E-state index is 0.0693.